The van der Waals surface area contributed by atoms with Gasteiger partial charge < -0.3 is 9.64 Å². The zero-order valence-electron chi connectivity index (χ0n) is 18.9. The highest BCUT2D eigenvalue weighted by Crippen LogP contribution is 2.34. The van der Waals surface area contributed by atoms with Crippen LogP contribution in [0.4, 0.5) is 13.2 Å². The number of carbonyl (C=O) groups is 1. The zero-order valence-corrected chi connectivity index (χ0v) is 18.9. The Morgan fingerprint density at radius 2 is 1.63 bits per heavy atom. The molecule has 2 aromatic rings. The van der Waals surface area contributed by atoms with Crippen LogP contribution in [0.3, 0.4) is 0 Å². The second-order valence-corrected chi connectivity index (χ2v) is 6.53. The van der Waals surface area contributed by atoms with Crippen LogP contribution >= 0.6 is 0 Å². The maximum Gasteiger partial charge on any atom is 0.573 e. The average molecular weight is 424 g/mol. The van der Waals surface area contributed by atoms with Gasteiger partial charge in [0.25, 0.3) is 5.91 Å². The molecule has 166 valence electrons. The van der Waals surface area contributed by atoms with E-state index in [-0.39, 0.29) is 17.7 Å². The lowest BCUT2D eigenvalue weighted by atomic mass is 9.99. The quantitative estimate of drug-likeness (QED) is 0.519. The van der Waals surface area contributed by atoms with Crippen LogP contribution in [0.1, 0.15) is 80.2 Å². The minimum absolute atomic E-state index is 0.0386. The van der Waals surface area contributed by atoms with Gasteiger partial charge in [-0.2, -0.15) is 0 Å². The van der Waals surface area contributed by atoms with Gasteiger partial charge in [0.05, 0.1) is 6.04 Å². The Hall–Kier alpha value is -2.50. The van der Waals surface area contributed by atoms with Crippen LogP contribution in [0.25, 0.3) is 0 Å². The maximum absolute atomic E-state index is 12.8. The van der Waals surface area contributed by atoms with E-state index in [2.05, 4.69) is 17.7 Å². The van der Waals surface area contributed by atoms with E-state index in [0.29, 0.717) is 6.54 Å². The van der Waals surface area contributed by atoms with Crippen LogP contribution < -0.4 is 4.74 Å². The number of hydrogen-bond donors (Lipinski definition) is 0. The lowest BCUT2D eigenvalue weighted by Gasteiger charge is -2.25. The number of halogens is 3. The van der Waals surface area contributed by atoms with Crippen LogP contribution in [0.15, 0.2) is 36.4 Å². The number of nitrogens with zero attached hydrogens (tertiary/aromatic N) is 1. The first-order valence-electron chi connectivity index (χ1n) is 10.5. The van der Waals surface area contributed by atoms with Crippen molar-refractivity contribution in [2.24, 2.45) is 0 Å². The number of alkyl halides is 3. The van der Waals surface area contributed by atoms with Crippen molar-refractivity contribution in [1.29, 1.82) is 0 Å². The number of rotatable bonds is 4. The van der Waals surface area contributed by atoms with Gasteiger partial charge in [-0.15, -0.1) is 13.2 Å². The fourth-order valence-corrected chi connectivity index (χ4v) is 3.42. The van der Waals surface area contributed by atoms with Crippen molar-refractivity contribution >= 4 is 5.91 Å². The number of hydrogen-bond acceptors (Lipinski definition) is 2. The minimum atomic E-state index is -4.71. The van der Waals surface area contributed by atoms with Crippen LogP contribution in [-0.2, 0) is 13.0 Å². The van der Waals surface area contributed by atoms with Gasteiger partial charge in [0.1, 0.15) is 5.75 Å². The van der Waals surface area contributed by atoms with Gasteiger partial charge in [0.15, 0.2) is 0 Å². The van der Waals surface area contributed by atoms with Gasteiger partial charge in [-0.05, 0) is 54.7 Å². The predicted octanol–water partition coefficient (Wildman–Crippen LogP) is 7.23. The first-order valence-corrected chi connectivity index (χ1v) is 10.5. The smallest absolute Gasteiger partial charge is 0.406 e. The fraction of sp³-hybridized carbons (Fsp3) is 0.458. The molecule has 0 saturated heterocycles. The molecule has 3 rings (SSSR count). The maximum atomic E-state index is 12.8. The third-order valence-electron chi connectivity index (χ3n) is 4.76. The molecule has 0 radical (unpaired) electrons. The Morgan fingerprint density at radius 3 is 2.13 bits per heavy atom. The first kappa shape index (κ1) is 25.5. The summed E-state index contributed by atoms with van der Waals surface area (Å²) in [7, 11) is 0. The highest BCUT2D eigenvalue weighted by molar-refractivity contribution is 6.00. The van der Waals surface area contributed by atoms with Gasteiger partial charge in [-0.25, -0.2) is 0 Å². The zero-order chi connectivity index (χ0) is 23.1. The molecule has 2 aromatic carbocycles. The Morgan fingerprint density at radius 1 is 1.07 bits per heavy atom. The normalized spacial score (nSPS) is 13.5. The first-order chi connectivity index (χ1) is 14.2. The fourth-order valence-electron chi connectivity index (χ4n) is 3.42. The van der Waals surface area contributed by atoms with Crippen molar-refractivity contribution in [2.45, 2.75) is 73.8 Å². The van der Waals surface area contributed by atoms with E-state index in [1.165, 1.54) is 17.7 Å². The second kappa shape index (κ2) is 11.0. The van der Waals surface area contributed by atoms with Gasteiger partial charge in [0, 0.05) is 12.1 Å². The van der Waals surface area contributed by atoms with Crippen LogP contribution in [0.5, 0.6) is 5.75 Å². The van der Waals surface area contributed by atoms with Crippen molar-refractivity contribution in [3.8, 4) is 5.75 Å². The Balaban J connectivity index is 0.00000106. The molecule has 30 heavy (non-hydrogen) atoms. The van der Waals surface area contributed by atoms with E-state index in [1.807, 2.05) is 47.6 Å². The summed E-state index contributed by atoms with van der Waals surface area (Å²) in [6.07, 6.45) is -3.81. The van der Waals surface area contributed by atoms with Crippen molar-refractivity contribution < 1.29 is 22.7 Å². The lowest BCUT2D eigenvalue weighted by Crippen LogP contribution is -2.27. The monoisotopic (exact) mass is 423 g/mol. The SMILES string of the molecule is CC.CC.CCc1cc(C)c2c(c1)CN(C(C)c1ccc(OC(F)(F)F)cc1)C2=O. The molecule has 0 saturated carbocycles. The van der Waals surface area contributed by atoms with E-state index in [9.17, 15) is 18.0 Å². The third-order valence-corrected chi connectivity index (χ3v) is 4.76. The summed E-state index contributed by atoms with van der Waals surface area (Å²) in [6.45, 7) is 14.4. The molecule has 1 aliphatic rings. The number of aryl methyl sites for hydroxylation is 2. The van der Waals surface area contributed by atoms with Gasteiger partial charge >= 0.3 is 6.36 Å². The average Bonchev–Trinajstić information content (AvgIpc) is 3.06. The van der Waals surface area contributed by atoms with Crippen LogP contribution in [0, 0.1) is 6.92 Å². The van der Waals surface area contributed by atoms with E-state index < -0.39 is 6.36 Å². The highest BCUT2D eigenvalue weighted by atomic mass is 19.4. The molecule has 6 heteroatoms. The number of benzene rings is 2. The van der Waals surface area contributed by atoms with Gasteiger partial charge in [-0.1, -0.05) is 58.9 Å². The molecule has 1 heterocycles. The molecule has 1 aliphatic heterocycles. The van der Waals surface area contributed by atoms with Crippen LogP contribution in [-0.4, -0.2) is 17.2 Å². The summed E-state index contributed by atoms with van der Waals surface area (Å²) in [4.78, 5) is 14.6. The molecule has 0 spiro atoms. The topological polar surface area (TPSA) is 29.5 Å². The third kappa shape index (κ3) is 6.00. The second-order valence-electron chi connectivity index (χ2n) is 6.53. The molecule has 1 atom stereocenters. The summed E-state index contributed by atoms with van der Waals surface area (Å²) in [5, 5.41) is 0. The van der Waals surface area contributed by atoms with E-state index in [4.69, 9.17) is 0 Å². The van der Waals surface area contributed by atoms with E-state index >= 15 is 0 Å². The molecule has 1 unspecified atom stereocenters. The number of amides is 1. The van der Waals surface area contributed by atoms with Gasteiger partial charge in [-0.3, -0.25) is 4.79 Å². The summed E-state index contributed by atoms with van der Waals surface area (Å²) in [5.74, 6) is -0.309. The highest BCUT2D eigenvalue weighted by Gasteiger charge is 2.33. The summed E-state index contributed by atoms with van der Waals surface area (Å²) < 4.78 is 40.7. The van der Waals surface area contributed by atoms with E-state index in [1.54, 1.807) is 17.0 Å². The number of ether oxygens (including phenoxy) is 1. The standard InChI is InChI=1S/C20H20F3NO2.2C2H6/c1-4-14-9-12(2)18-16(10-14)11-24(19(18)25)13(3)15-5-7-17(8-6-15)26-20(21,22)23;2*1-2/h5-10,13H,4,11H2,1-3H3;2*1-2H3. The molecule has 0 aromatic heterocycles. The summed E-state index contributed by atoms with van der Waals surface area (Å²) >= 11 is 0. The van der Waals surface area contributed by atoms with E-state index in [0.717, 1.165) is 28.7 Å². The largest absolute Gasteiger partial charge is 0.573 e. The van der Waals surface area contributed by atoms with Gasteiger partial charge in [0.2, 0.25) is 0 Å². The summed E-state index contributed by atoms with van der Waals surface area (Å²) in [6, 6.07) is 9.51. The number of fused-ring (bicyclic) bond motifs is 1. The number of carbonyl (C=O) groups excluding carboxylic acids is 1. The van der Waals surface area contributed by atoms with Crippen molar-refractivity contribution in [3.63, 3.8) is 0 Å². The molecule has 0 fully saturated rings. The molecule has 0 aliphatic carbocycles. The molecular formula is C24H32F3NO2. The lowest BCUT2D eigenvalue weighted by molar-refractivity contribution is -0.274. The molecule has 1 amide bonds. The van der Waals surface area contributed by atoms with Crippen LogP contribution in [0.2, 0.25) is 0 Å². The minimum Gasteiger partial charge on any atom is -0.406 e. The Kier molecular flexibility index (Phi) is 9.40. The molecule has 0 N–H and O–H groups in total. The molecule has 0 bridgehead atoms. The van der Waals surface area contributed by atoms with Crippen molar-refractivity contribution in [3.05, 3.63) is 64.2 Å². The predicted molar refractivity (Wildman–Crippen MR) is 115 cm³/mol. The van der Waals surface area contributed by atoms with Crippen molar-refractivity contribution in [1.82, 2.24) is 4.90 Å². The molecular weight excluding hydrogens is 391 g/mol. The summed E-state index contributed by atoms with van der Waals surface area (Å²) in [5.41, 5.74) is 4.67. The molecule has 3 nitrogen and oxygen atoms in total. The Labute approximate surface area is 177 Å². The van der Waals surface area contributed by atoms with Crippen molar-refractivity contribution in [2.75, 3.05) is 0 Å². The Bertz CT molecular complexity index is 830.